The highest BCUT2D eigenvalue weighted by Crippen LogP contribution is 2.31. The molecule has 116 valence electrons. The SMILES string of the molecule is COc1cc([N+](=O)[O-])ccc1S(=O)(=O)N1CCNC[C@@H]1C. The minimum atomic E-state index is -3.75. The van der Waals surface area contributed by atoms with Crippen molar-refractivity contribution >= 4 is 15.7 Å². The number of rotatable bonds is 4. The Labute approximate surface area is 122 Å². The highest BCUT2D eigenvalue weighted by molar-refractivity contribution is 7.89. The summed E-state index contributed by atoms with van der Waals surface area (Å²) < 4.78 is 31.8. The van der Waals surface area contributed by atoms with Gasteiger partial charge in [-0.3, -0.25) is 10.1 Å². The fourth-order valence-corrected chi connectivity index (χ4v) is 4.06. The van der Waals surface area contributed by atoms with Crippen molar-refractivity contribution in [2.75, 3.05) is 26.7 Å². The van der Waals surface area contributed by atoms with E-state index in [0.717, 1.165) is 6.07 Å². The van der Waals surface area contributed by atoms with Gasteiger partial charge in [-0.1, -0.05) is 0 Å². The first-order valence-electron chi connectivity index (χ1n) is 6.43. The van der Waals surface area contributed by atoms with Crippen LogP contribution in [0.5, 0.6) is 5.75 Å². The average Bonchev–Trinajstić information content (AvgIpc) is 2.46. The van der Waals surface area contributed by atoms with Crippen molar-refractivity contribution in [3.8, 4) is 5.75 Å². The molecular formula is C12H17N3O5S. The Balaban J connectivity index is 2.46. The van der Waals surface area contributed by atoms with Crippen LogP contribution in [0, 0.1) is 10.1 Å². The van der Waals surface area contributed by atoms with Crippen molar-refractivity contribution in [1.82, 2.24) is 9.62 Å². The molecule has 1 atom stereocenters. The van der Waals surface area contributed by atoms with E-state index in [1.807, 2.05) is 6.92 Å². The number of non-ortho nitro benzene ring substituents is 1. The zero-order valence-corrected chi connectivity index (χ0v) is 12.6. The van der Waals surface area contributed by atoms with E-state index in [-0.39, 0.29) is 22.4 Å². The minimum absolute atomic E-state index is 0.0186. The quantitative estimate of drug-likeness (QED) is 0.644. The predicted molar refractivity (Wildman–Crippen MR) is 75.9 cm³/mol. The Morgan fingerprint density at radius 3 is 2.76 bits per heavy atom. The lowest BCUT2D eigenvalue weighted by Gasteiger charge is -2.33. The molecule has 0 saturated carbocycles. The second kappa shape index (κ2) is 5.96. The molecule has 0 aromatic heterocycles. The standard InChI is InChI=1S/C12H17N3O5S/c1-9-8-13-5-6-14(9)21(18,19)12-4-3-10(15(16)17)7-11(12)20-2/h3-4,7,9,13H,5-6,8H2,1-2H3/t9-/m0/s1. The summed E-state index contributed by atoms with van der Waals surface area (Å²) in [6.45, 7) is 3.29. The number of sulfonamides is 1. The summed E-state index contributed by atoms with van der Waals surface area (Å²) in [5.74, 6) is -0.0186. The third-order valence-corrected chi connectivity index (χ3v) is 5.44. The molecule has 1 fully saturated rings. The van der Waals surface area contributed by atoms with Gasteiger partial charge in [-0.05, 0) is 13.0 Å². The van der Waals surface area contributed by atoms with Crippen molar-refractivity contribution in [3.05, 3.63) is 28.3 Å². The summed E-state index contributed by atoms with van der Waals surface area (Å²) in [5.41, 5.74) is -0.209. The van der Waals surface area contributed by atoms with Gasteiger partial charge in [0.2, 0.25) is 10.0 Å². The molecule has 21 heavy (non-hydrogen) atoms. The topological polar surface area (TPSA) is 102 Å². The maximum atomic E-state index is 12.7. The molecule has 1 aliphatic heterocycles. The van der Waals surface area contributed by atoms with E-state index in [0.29, 0.717) is 19.6 Å². The van der Waals surface area contributed by atoms with Crippen LogP contribution in [-0.4, -0.2) is 50.4 Å². The molecule has 0 aliphatic carbocycles. The van der Waals surface area contributed by atoms with Crippen LogP contribution in [0.15, 0.2) is 23.1 Å². The Kier molecular flexibility index (Phi) is 4.45. The van der Waals surface area contributed by atoms with Gasteiger partial charge in [0.1, 0.15) is 10.6 Å². The van der Waals surface area contributed by atoms with Gasteiger partial charge in [-0.25, -0.2) is 8.42 Å². The van der Waals surface area contributed by atoms with E-state index < -0.39 is 14.9 Å². The molecular weight excluding hydrogens is 298 g/mol. The number of piperazine rings is 1. The number of nitro groups is 1. The third kappa shape index (κ3) is 2.99. The number of nitrogens with one attached hydrogen (secondary N) is 1. The molecule has 0 radical (unpaired) electrons. The van der Waals surface area contributed by atoms with Crippen LogP contribution in [-0.2, 0) is 10.0 Å². The molecule has 1 aliphatic rings. The highest BCUT2D eigenvalue weighted by Gasteiger charge is 2.33. The average molecular weight is 315 g/mol. The van der Waals surface area contributed by atoms with Crippen LogP contribution in [0.1, 0.15) is 6.92 Å². The van der Waals surface area contributed by atoms with E-state index in [1.54, 1.807) is 0 Å². The molecule has 0 bridgehead atoms. The fraction of sp³-hybridized carbons (Fsp3) is 0.500. The number of nitro benzene ring substituents is 1. The summed E-state index contributed by atoms with van der Waals surface area (Å²) in [6.07, 6.45) is 0. The zero-order chi connectivity index (χ0) is 15.6. The second-order valence-corrected chi connectivity index (χ2v) is 6.62. The summed E-state index contributed by atoms with van der Waals surface area (Å²) in [7, 11) is -2.46. The van der Waals surface area contributed by atoms with Crippen LogP contribution < -0.4 is 10.1 Å². The maximum Gasteiger partial charge on any atom is 0.273 e. The monoisotopic (exact) mass is 315 g/mol. The van der Waals surface area contributed by atoms with Crippen molar-refractivity contribution in [2.45, 2.75) is 17.9 Å². The molecule has 0 amide bonds. The number of hydrogen-bond donors (Lipinski definition) is 1. The first-order valence-corrected chi connectivity index (χ1v) is 7.87. The van der Waals surface area contributed by atoms with E-state index in [1.165, 1.54) is 23.5 Å². The Morgan fingerprint density at radius 2 is 2.19 bits per heavy atom. The van der Waals surface area contributed by atoms with Crippen LogP contribution >= 0.6 is 0 Å². The largest absolute Gasteiger partial charge is 0.495 e. The first-order chi connectivity index (χ1) is 9.87. The smallest absolute Gasteiger partial charge is 0.273 e. The van der Waals surface area contributed by atoms with Gasteiger partial charge in [0, 0.05) is 31.7 Å². The molecule has 1 saturated heterocycles. The van der Waals surface area contributed by atoms with Gasteiger partial charge in [0.15, 0.2) is 0 Å². The maximum absolute atomic E-state index is 12.7. The lowest BCUT2D eigenvalue weighted by Crippen LogP contribution is -2.52. The molecule has 1 aromatic rings. The van der Waals surface area contributed by atoms with E-state index in [4.69, 9.17) is 4.74 Å². The van der Waals surface area contributed by atoms with E-state index >= 15 is 0 Å². The van der Waals surface area contributed by atoms with Crippen LogP contribution in [0.4, 0.5) is 5.69 Å². The van der Waals surface area contributed by atoms with Crippen molar-refractivity contribution in [2.24, 2.45) is 0 Å². The Morgan fingerprint density at radius 1 is 1.48 bits per heavy atom. The van der Waals surface area contributed by atoms with Gasteiger partial charge >= 0.3 is 0 Å². The summed E-state index contributed by atoms with van der Waals surface area (Å²) in [4.78, 5) is 10.1. The zero-order valence-electron chi connectivity index (χ0n) is 11.8. The fourth-order valence-electron chi connectivity index (χ4n) is 2.29. The van der Waals surface area contributed by atoms with Gasteiger partial charge in [0.25, 0.3) is 5.69 Å². The normalized spacial score (nSPS) is 20.2. The number of nitrogens with zero attached hydrogens (tertiary/aromatic N) is 2. The van der Waals surface area contributed by atoms with Gasteiger partial charge in [-0.15, -0.1) is 0 Å². The lowest BCUT2D eigenvalue weighted by molar-refractivity contribution is -0.385. The second-order valence-electron chi connectivity index (χ2n) is 4.76. The summed E-state index contributed by atoms with van der Waals surface area (Å²) in [5, 5.41) is 13.9. The van der Waals surface area contributed by atoms with Crippen molar-refractivity contribution in [1.29, 1.82) is 0 Å². The molecule has 8 nitrogen and oxygen atoms in total. The van der Waals surface area contributed by atoms with Crippen molar-refractivity contribution in [3.63, 3.8) is 0 Å². The molecule has 2 rings (SSSR count). The molecule has 0 unspecified atom stereocenters. The summed E-state index contributed by atoms with van der Waals surface area (Å²) >= 11 is 0. The van der Waals surface area contributed by atoms with E-state index in [2.05, 4.69) is 5.32 Å². The first kappa shape index (κ1) is 15.7. The number of ether oxygens (including phenoxy) is 1. The predicted octanol–water partition coefficient (Wildman–Crippen LogP) is 0.586. The summed E-state index contributed by atoms with van der Waals surface area (Å²) in [6, 6.07) is 3.33. The van der Waals surface area contributed by atoms with Crippen LogP contribution in [0.3, 0.4) is 0 Å². The van der Waals surface area contributed by atoms with Gasteiger partial charge in [-0.2, -0.15) is 4.31 Å². The molecule has 1 aromatic carbocycles. The van der Waals surface area contributed by atoms with Gasteiger partial charge < -0.3 is 10.1 Å². The Bertz CT molecular complexity index is 646. The van der Waals surface area contributed by atoms with Crippen LogP contribution in [0.25, 0.3) is 0 Å². The molecule has 1 N–H and O–H groups in total. The van der Waals surface area contributed by atoms with Crippen molar-refractivity contribution < 1.29 is 18.1 Å². The number of methoxy groups -OCH3 is 1. The highest BCUT2D eigenvalue weighted by atomic mass is 32.2. The lowest BCUT2D eigenvalue weighted by atomic mass is 10.3. The van der Waals surface area contributed by atoms with E-state index in [9.17, 15) is 18.5 Å². The minimum Gasteiger partial charge on any atom is -0.495 e. The third-order valence-electron chi connectivity index (χ3n) is 3.38. The molecule has 9 heteroatoms. The number of hydrogen-bond acceptors (Lipinski definition) is 6. The van der Waals surface area contributed by atoms with Crippen LogP contribution in [0.2, 0.25) is 0 Å². The molecule has 0 spiro atoms. The number of benzene rings is 1. The Hall–Kier alpha value is -1.71. The molecule has 1 heterocycles. The van der Waals surface area contributed by atoms with Gasteiger partial charge in [0.05, 0.1) is 18.1 Å².